The number of unbranched alkanes of at least 4 members (excludes halogenated alkanes) is 2. The number of hydrogen-bond donors (Lipinski definition) is 0. The summed E-state index contributed by atoms with van der Waals surface area (Å²) in [6, 6.07) is 0. The molecule has 0 amide bonds. The Hall–Kier alpha value is 0. The summed E-state index contributed by atoms with van der Waals surface area (Å²) in [5.41, 5.74) is 0. The van der Waals surface area contributed by atoms with Crippen LogP contribution in [0.5, 0.6) is 0 Å². The maximum Gasteiger partial charge on any atom is -0.0414 e. The lowest BCUT2D eigenvalue weighted by Crippen LogP contribution is -2.12. The number of rotatable bonds is 9. The van der Waals surface area contributed by atoms with E-state index in [1.54, 1.807) is 0 Å². The predicted octanol–water partition coefficient (Wildman–Crippen LogP) is 6.59. The second-order valence-corrected chi connectivity index (χ2v) is 6.83. The van der Waals surface area contributed by atoms with Crippen molar-refractivity contribution in [3.8, 4) is 0 Å². The highest BCUT2D eigenvalue weighted by Gasteiger charge is 2.17. The first-order valence-corrected chi connectivity index (χ1v) is 8.76. The Morgan fingerprint density at radius 1 is 0.889 bits per heavy atom. The van der Waals surface area contributed by atoms with E-state index in [1.807, 2.05) is 0 Å². The Bertz CT molecular complexity index is 170. The van der Waals surface area contributed by atoms with Gasteiger partial charge in [-0.05, 0) is 17.8 Å². The lowest BCUT2D eigenvalue weighted by atomic mass is 9.80. The van der Waals surface area contributed by atoms with Gasteiger partial charge in [0.1, 0.15) is 0 Å². The van der Waals surface area contributed by atoms with Crippen molar-refractivity contribution in [2.45, 2.75) is 97.8 Å². The summed E-state index contributed by atoms with van der Waals surface area (Å²) in [6.45, 7) is 7.12. The molecule has 0 saturated heterocycles. The van der Waals surface area contributed by atoms with Crippen LogP contribution in [-0.4, -0.2) is 0 Å². The minimum absolute atomic E-state index is 1.01. The van der Waals surface area contributed by atoms with E-state index in [2.05, 4.69) is 20.8 Å². The van der Waals surface area contributed by atoms with Gasteiger partial charge in [0.05, 0.1) is 0 Å². The third-order valence-electron chi connectivity index (χ3n) is 5.15. The van der Waals surface area contributed by atoms with Gasteiger partial charge in [-0.1, -0.05) is 97.8 Å². The van der Waals surface area contributed by atoms with E-state index in [1.165, 1.54) is 77.0 Å². The van der Waals surface area contributed by atoms with Crippen molar-refractivity contribution in [3.05, 3.63) is 0 Å². The van der Waals surface area contributed by atoms with Gasteiger partial charge in [-0.15, -0.1) is 0 Å². The lowest BCUT2D eigenvalue weighted by Gasteiger charge is -2.26. The van der Waals surface area contributed by atoms with E-state index in [0.29, 0.717) is 0 Å². The van der Waals surface area contributed by atoms with Crippen molar-refractivity contribution in [2.75, 3.05) is 0 Å². The molecular formula is C18H36. The summed E-state index contributed by atoms with van der Waals surface area (Å²) in [7, 11) is 0. The zero-order chi connectivity index (χ0) is 13.2. The van der Waals surface area contributed by atoms with Crippen LogP contribution in [0.15, 0.2) is 0 Å². The van der Waals surface area contributed by atoms with E-state index in [0.717, 1.165) is 17.8 Å². The van der Waals surface area contributed by atoms with Crippen LogP contribution in [0.25, 0.3) is 0 Å². The molecule has 0 aromatic heterocycles. The van der Waals surface area contributed by atoms with Gasteiger partial charge in [-0.3, -0.25) is 0 Å². The van der Waals surface area contributed by atoms with E-state index in [4.69, 9.17) is 0 Å². The Balaban J connectivity index is 1.99. The van der Waals surface area contributed by atoms with Crippen LogP contribution in [0.4, 0.5) is 0 Å². The van der Waals surface area contributed by atoms with Crippen molar-refractivity contribution < 1.29 is 0 Å². The van der Waals surface area contributed by atoms with Gasteiger partial charge >= 0.3 is 0 Å². The highest BCUT2D eigenvalue weighted by Crippen LogP contribution is 2.32. The van der Waals surface area contributed by atoms with Gasteiger partial charge in [0, 0.05) is 0 Å². The molecular weight excluding hydrogens is 216 g/mol. The van der Waals surface area contributed by atoms with Gasteiger partial charge in [-0.25, -0.2) is 0 Å². The molecule has 1 saturated carbocycles. The molecule has 1 rings (SSSR count). The highest BCUT2D eigenvalue weighted by molar-refractivity contribution is 4.70. The average Bonchev–Trinajstić information content (AvgIpc) is 2.40. The molecule has 0 heteroatoms. The zero-order valence-corrected chi connectivity index (χ0v) is 13.2. The largest absolute Gasteiger partial charge is 0.0654 e. The molecule has 0 N–H and O–H groups in total. The zero-order valence-electron chi connectivity index (χ0n) is 13.2. The van der Waals surface area contributed by atoms with E-state index in [-0.39, 0.29) is 0 Å². The minimum atomic E-state index is 1.01. The van der Waals surface area contributed by atoms with E-state index < -0.39 is 0 Å². The summed E-state index contributed by atoms with van der Waals surface area (Å²) in [4.78, 5) is 0. The fourth-order valence-corrected chi connectivity index (χ4v) is 3.53. The maximum absolute atomic E-state index is 2.43. The van der Waals surface area contributed by atoms with Gasteiger partial charge in [0.2, 0.25) is 0 Å². The second-order valence-electron chi connectivity index (χ2n) is 6.83. The van der Waals surface area contributed by atoms with Crippen LogP contribution in [0.2, 0.25) is 0 Å². The van der Waals surface area contributed by atoms with Gasteiger partial charge in [-0.2, -0.15) is 0 Å². The van der Waals surface area contributed by atoms with Crippen LogP contribution < -0.4 is 0 Å². The molecule has 1 unspecified atom stereocenters. The first kappa shape index (κ1) is 16.1. The fourth-order valence-electron chi connectivity index (χ4n) is 3.53. The van der Waals surface area contributed by atoms with Crippen LogP contribution in [0, 0.1) is 17.8 Å². The first-order chi connectivity index (χ1) is 8.76. The molecule has 1 aliphatic carbocycles. The summed E-state index contributed by atoms with van der Waals surface area (Å²) < 4.78 is 0. The Morgan fingerprint density at radius 3 is 2.17 bits per heavy atom. The minimum Gasteiger partial charge on any atom is -0.0654 e. The quantitative estimate of drug-likeness (QED) is 0.406. The van der Waals surface area contributed by atoms with Crippen molar-refractivity contribution >= 4 is 0 Å². The average molecular weight is 252 g/mol. The normalized spacial score (nSPS) is 26.2. The molecule has 1 atom stereocenters. The SMILES string of the molecule is CCCCC(CC)CCCCC1CCC(C)CC1. The third kappa shape index (κ3) is 6.81. The van der Waals surface area contributed by atoms with Crippen LogP contribution >= 0.6 is 0 Å². The summed E-state index contributed by atoms with van der Waals surface area (Å²) in [5.74, 6) is 3.12. The molecule has 108 valence electrons. The van der Waals surface area contributed by atoms with Crippen molar-refractivity contribution in [3.63, 3.8) is 0 Å². The molecule has 0 aromatic rings. The van der Waals surface area contributed by atoms with Crippen LogP contribution in [-0.2, 0) is 0 Å². The van der Waals surface area contributed by atoms with E-state index >= 15 is 0 Å². The monoisotopic (exact) mass is 252 g/mol. The molecule has 18 heavy (non-hydrogen) atoms. The third-order valence-corrected chi connectivity index (χ3v) is 5.15. The molecule has 0 radical (unpaired) electrons. The summed E-state index contributed by atoms with van der Waals surface area (Å²) in [6.07, 6.45) is 17.8. The fraction of sp³-hybridized carbons (Fsp3) is 1.00. The molecule has 0 heterocycles. The molecule has 0 aliphatic heterocycles. The Labute approximate surface area is 116 Å². The van der Waals surface area contributed by atoms with Crippen LogP contribution in [0.3, 0.4) is 0 Å². The topological polar surface area (TPSA) is 0 Å². The first-order valence-electron chi connectivity index (χ1n) is 8.76. The molecule has 0 spiro atoms. The molecule has 0 aromatic carbocycles. The smallest absolute Gasteiger partial charge is 0.0414 e. The molecule has 1 aliphatic rings. The van der Waals surface area contributed by atoms with Gasteiger partial charge in [0.15, 0.2) is 0 Å². The van der Waals surface area contributed by atoms with Gasteiger partial charge < -0.3 is 0 Å². The molecule has 0 nitrogen and oxygen atoms in total. The molecule has 0 bridgehead atoms. The summed E-state index contributed by atoms with van der Waals surface area (Å²) in [5, 5.41) is 0. The maximum atomic E-state index is 2.43. The Morgan fingerprint density at radius 2 is 1.56 bits per heavy atom. The molecule has 1 fully saturated rings. The van der Waals surface area contributed by atoms with Crippen molar-refractivity contribution in [2.24, 2.45) is 17.8 Å². The van der Waals surface area contributed by atoms with E-state index in [9.17, 15) is 0 Å². The Kier molecular flexibility index (Phi) is 8.80. The van der Waals surface area contributed by atoms with Crippen molar-refractivity contribution in [1.82, 2.24) is 0 Å². The number of hydrogen-bond acceptors (Lipinski definition) is 0. The summed E-state index contributed by atoms with van der Waals surface area (Å²) >= 11 is 0. The van der Waals surface area contributed by atoms with Crippen LogP contribution in [0.1, 0.15) is 97.8 Å². The highest BCUT2D eigenvalue weighted by atomic mass is 14.2. The predicted molar refractivity (Wildman–Crippen MR) is 82.9 cm³/mol. The standard InChI is InChI=1S/C18H36/c1-4-6-9-17(5-2)10-7-8-11-18-14-12-16(3)13-15-18/h16-18H,4-15H2,1-3H3. The lowest BCUT2D eigenvalue weighted by molar-refractivity contribution is 0.268. The van der Waals surface area contributed by atoms with Crippen molar-refractivity contribution in [1.29, 1.82) is 0 Å². The second kappa shape index (κ2) is 9.87. The van der Waals surface area contributed by atoms with Gasteiger partial charge in [0.25, 0.3) is 0 Å².